The van der Waals surface area contributed by atoms with Gasteiger partial charge in [-0.3, -0.25) is 9.36 Å². The molecule has 138 valence electrons. The Morgan fingerprint density at radius 1 is 1.30 bits per heavy atom. The zero-order valence-corrected chi connectivity index (χ0v) is 15.4. The van der Waals surface area contributed by atoms with Gasteiger partial charge in [0.2, 0.25) is 0 Å². The molecule has 0 fully saturated rings. The molecule has 0 unspecified atom stereocenters. The van der Waals surface area contributed by atoms with Crippen LogP contribution in [0.5, 0.6) is 5.75 Å². The van der Waals surface area contributed by atoms with E-state index >= 15 is 0 Å². The number of benzene rings is 1. The van der Waals surface area contributed by atoms with E-state index in [1.807, 2.05) is 6.92 Å². The third-order valence-electron chi connectivity index (χ3n) is 4.18. The lowest BCUT2D eigenvalue weighted by molar-refractivity contribution is 0.0862. The maximum atomic E-state index is 11.6. The molecule has 0 radical (unpaired) electrons. The van der Waals surface area contributed by atoms with Gasteiger partial charge in [0.25, 0.3) is 0 Å². The highest BCUT2D eigenvalue weighted by molar-refractivity contribution is 6.02. The van der Waals surface area contributed by atoms with Crippen molar-refractivity contribution in [2.24, 2.45) is 0 Å². The molecule has 0 bridgehead atoms. The molecule has 6 heteroatoms. The van der Waals surface area contributed by atoms with Crippen LogP contribution in [0.2, 0.25) is 0 Å². The number of phenolic OH excluding ortho intramolecular Hbond substituents is 1. The molecule has 0 aliphatic heterocycles. The predicted molar refractivity (Wildman–Crippen MR) is 105 cm³/mol. The summed E-state index contributed by atoms with van der Waals surface area (Å²) in [7, 11) is 0. The van der Waals surface area contributed by atoms with Gasteiger partial charge in [0.15, 0.2) is 6.29 Å². The number of nitrogen functional groups attached to an aromatic ring is 1. The van der Waals surface area contributed by atoms with Gasteiger partial charge < -0.3 is 15.9 Å². The Kier molecular flexibility index (Phi) is 4.64. The molecular formula is C21H21N3O3. The average Bonchev–Trinajstić information content (AvgIpc) is 2.86. The van der Waals surface area contributed by atoms with Crippen LogP contribution in [0.4, 0.5) is 5.82 Å². The van der Waals surface area contributed by atoms with Crippen LogP contribution < -0.4 is 5.73 Å². The number of hydrogen-bond acceptors (Lipinski definition) is 5. The Morgan fingerprint density at radius 2 is 2.04 bits per heavy atom. The molecule has 27 heavy (non-hydrogen) atoms. The molecule has 3 rings (SSSR count). The minimum Gasteiger partial charge on any atom is -0.508 e. The molecule has 2 heterocycles. The summed E-state index contributed by atoms with van der Waals surface area (Å²) in [4.78, 5) is 16.1. The van der Waals surface area contributed by atoms with E-state index in [0.29, 0.717) is 35.1 Å². The first-order valence-electron chi connectivity index (χ1n) is 8.48. The smallest absolute Gasteiger partial charge is 0.155 e. The summed E-state index contributed by atoms with van der Waals surface area (Å²) in [5.41, 5.74) is 8.77. The Hall–Kier alpha value is -3.30. The Morgan fingerprint density at radius 3 is 2.70 bits per heavy atom. The Bertz CT molecular complexity index is 1100. The maximum absolute atomic E-state index is 11.6. The van der Waals surface area contributed by atoms with Crippen molar-refractivity contribution in [2.75, 3.05) is 5.73 Å². The van der Waals surface area contributed by atoms with E-state index in [9.17, 15) is 15.0 Å². The number of anilines is 1. The van der Waals surface area contributed by atoms with Crippen LogP contribution >= 0.6 is 0 Å². The summed E-state index contributed by atoms with van der Waals surface area (Å²) >= 11 is 0. The second-order valence-corrected chi connectivity index (χ2v) is 7.08. The van der Waals surface area contributed by atoms with Gasteiger partial charge in [0.05, 0.1) is 22.4 Å². The highest BCUT2D eigenvalue weighted by Crippen LogP contribution is 2.32. The largest absolute Gasteiger partial charge is 0.508 e. The quantitative estimate of drug-likeness (QED) is 0.491. The first-order chi connectivity index (χ1) is 12.7. The minimum absolute atomic E-state index is 0.103. The predicted octanol–water partition coefficient (Wildman–Crippen LogP) is 2.95. The summed E-state index contributed by atoms with van der Waals surface area (Å²) in [6.07, 6.45) is 0.978. The van der Waals surface area contributed by atoms with Crippen molar-refractivity contribution in [3.8, 4) is 23.3 Å². The van der Waals surface area contributed by atoms with E-state index in [-0.39, 0.29) is 17.1 Å². The second-order valence-electron chi connectivity index (χ2n) is 7.08. The number of pyridine rings is 1. The summed E-state index contributed by atoms with van der Waals surface area (Å²) in [5, 5.41) is 19.6. The standard InChI is InChI=1S/C21H21N3O3/c1-13-6-8-15(26)11-18(13)24-17-9-7-14(5-4-10-21(2,3)27)23-19(17)16(12-25)20(24)22/h6-9,11-12,26-27H,10,22H2,1-3H3. The van der Waals surface area contributed by atoms with Gasteiger partial charge in [-0.05, 0) is 50.5 Å². The van der Waals surface area contributed by atoms with E-state index in [1.165, 1.54) is 0 Å². The lowest BCUT2D eigenvalue weighted by Crippen LogP contribution is -2.16. The molecule has 0 atom stereocenters. The normalized spacial score (nSPS) is 11.3. The van der Waals surface area contributed by atoms with Crippen LogP contribution in [0.25, 0.3) is 16.7 Å². The van der Waals surface area contributed by atoms with Crippen LogP contribution in [0.3, 0.4) is 0 Å². The fourth-order valence-electron chi connectivity index (χ4n) is 2.84. The van der Waals surface area contributed by atoms with Crippen LogP contribution in [0, 0.1) is 18.8 Å². The SMILES string of the molecule is Cc1ccc(O)cc1-n1c(N)c(C=O)c2nc(C#CCC(C)(C)O)ccc21. The number of hydrogen-bond donors (Lipinski definition) is 3. The molecular weight excluding hydrogens is 342 g/mol. The first-order valence-corrected chi connectivity index (χ1v) is 8.48. The van der Waals surface area contributed by atoms with Crippen LogP contribution in [0.1, 0.15) is 41.9 Å². The first kappa shape index (κ1) is 18.5. The van der Waals surface area contributed by atoms with Crippen molar-refractivity contribution < 1.29 is 15.0 Å². The molecule has 3 aromatic rings. The highest BCUT2D eigenvalue weighted by atomic mass is 16.3. The summed E-state index contributed by atoms with van der Waals surface area (Å²) in [5.74, 6) is 6.15. The highest BCUT2D eigenvalue weighted by Gasteiger charge is 2.19. The molecule has 0 saturated carbocycles. The van der Waals surface area contributed by atoms with E-state index in [1.54, 1.807) is 48.7 Å². The summed E-state index contributed by atoms with van der Waals surface area (Å²) in [6.45, 7) is 5.26. The zero-order chi connectivity index (χ0) is 19.8. The van der Waals surface area contributed by atoms with Crippen molar-refractivity contribution in [1.29, 1.82) is 0 Å². The lowest BCUT2D eigenvalue weighted by Gasteiger charge is -2.12. The van der Waals surface area contributed by atoms with Crippen molar-refractivity contribution in [1.82, 2.24) is 9.55 Å². The van der Waals surface area contributed by atoms with Gasteiger partial charge in [-0.15, -0.1) is 0 Å². The summed E-state index contributed by atoms with van der Waals surface area (Å²) < 4.78 is 1.70. The molecule has 1 aromatic carbocycles. The van der Waals surface area contributed by atoms with Crippen LogP contribution in [0.15, 0.2) is 30.3 Å². The number of carbonyl (C=O) groups excluding carboxylic acids is 1. The monoisotopic (exact) mass is 363 g/mol. The van der Waals surface area contributed by atoms with Crippen LogP contribution in [-0.4, -0.2) is 31.7 Å². The molecule has 4 N–H and O–H groups in total. The van der Waals surface area contributed by atoms with E-state index in [4.69, 9.17) is 5.73 Å². The Balaban J connectivity index is 2.19. The zero-order valence-electron chi connectivity index (χ0n) is 15.4. The van der Waals surface area contributed by atoms with Gasteiger partial charge in [-0.2, -0.15) is 0 Å². The van der Waals surface area contributed by atoms with Crippen molar-refractivity contribution >= 4 is 23.1 Å². The second kappa shape index (κ2) is 6.78. The van der Waals surface area contributed by atoms with Crippen molar-refractivity contribution in [3.63, 3.8) is 0 Å². The number of fused-ring (bicyclic) bond motifs is 1. The Labute approximate surface area is 157 Å². The molecule has 0 aliphatic rings. The van der Waals surface area contributed by atoms with Crippen molar-refractivity contribution in [3.05, 3.63) is 47.2 Å². The lowest BCUT2D eigenvalue weighted by atomic mass is 10.1. The minimum atomic E-state index is -0.883. The molecule has 6 nitrogen and oxygen atoms in total. The van der Waals surface area contributed by atoms with Gasteiger partial charge in [0.1, 0.15) is 22.8 Å². The number of rotatable bonds is 3. The van der Waals surface area contributed by atoms with Gasteiger partial charge in [0, 0.05) is 12.5 Å². The molecule has 0 spiro atoms. The molecule has 0 aliphatic carbocycles. The third-order valence-corrected chi connectivity index (χ3v) is 4.18. The topological polar surface area (TPSA) is 101 Å². The van der Waals surface area contributed by atoms with Gasteiger partial charge in [-0.25, -0.2) is 4.98 Å². The number of aromatic nitrogens is 2. The molecule has 0 amide bonds. The van der Waals surface area contributed by atoms with E-state index in [2.05, 4.69) is 16.8 Å². The number of phenols is 1. The van der Waals surface area contributed by atoms with Crippen molar-refractivity contribution in [2.45, 2.75) is 32.8 Å². The number of carbonyl (C=O) groups is 1. The molecule has 0 saturated heterocycles. The average molecular weight is 363 g/mol. The third kappa shape index (κ3) is 3.64. The number of nitrogens with zero attached hydrogens (tertiary/aromatic N) is 2. The van der Waals surface area contributed by atoms with Gasteiger partial charge in [-0.1, -0.05) is 12.0 Å². The van der Waals surface area contributed by atoms with Crippen LogP contribution in [-0.2, 0) is 0 Å². The number of aldehydes is 1. The van der Waals surface area contributed by atoms with Gasteiger partial charge >= 0.3 is 0 Å². The van der Waals surface area contributed by atoms with E-state index in [0.717, 1.165) is 5.56 Å². The van der Waals surface area contributed by atoms with E-state index < -0.39 is 5.60 Å². The number of nitrogens with two attached hydrogens (primary N) is 1. The maximum Gasteiger partial charge on any atom is 0.155 e. The fourth-order valence-corrected chi connectivity index (χ4v) is 2.84. The summed E-state index contributed by atoms with van der Waals surface area (Å²) in [6, 6.07) is 8.50. The number of aromatic hydroxyl groups is 1. The number of aryl methyl sites for hydroxylation is 1. The fraction of sp³-hybridized carbons (Fsp3) is 0.238. The number of aliphatic hydroxyl groups is 1. The molecule has 2 aromatic heterocycles.